The number of ether oxygens (including phenoxy) is 1. The maximum atomic E-state index is 12.3. The van der Waals surface area contributed by atoms with Crippen molar-refractivity contribution in [2.24, 2.45) is 0 Å². The number of carbonyl (C=O) groups excluding carboxylic acids is 1. The molecule has 1 amide bonds. The molecule has 4 aromatic rings. The molecule has 4 N–H and O–H groups in total. The molecule has 0 radical (unpaired) electrons. The van der Waals surface area contributed by atoms with E-state index in [0.717, 1.165) is 22.3 Å². The van der Waals surface area contributed by atoms with Gasteiger partial charge in [0.1, 0.15) is 18.8 Å². The zero-order valence-electron chi connectivity index (χ0n) is 17.4. The van der Waals surface area contributed by atoms with Gasteiger partial charge in [0.15, 0.2) is 11.2 Å². The standard InChI is InChI=1S/C24H21N3O6/c28-19(21(29)13-9-20-22(25-10-13)27-24(31)33-20)11-26-23(30)32-12-18-16-7-3-1-5-14(16)15-6-2-4-8-17(15)18/h1-10,18-19,21,28-29H,11-12H2,(H,26,30)(H,25,27,31). The molecule has 1 aliphatic rings. The Kier molecular flexibility index (Phi) is 5.41. The van der Waals surface area contributed by atoms with Crippen molar-refractivity contribution in [3.8, 4) is 11.1 Å². The number of hydrogen-bond donors (Lipinski definition) is 4. The lowest BCUT2D eigenvalue weighted by Crippen LogP contribution is -2.36. The molecule has 2 heterocycles. The first-order valence-electron chi connectivity index (χ1n) is 10.4. The fourth-order valence-corrected chi connectivity index (χ4v) is 4.19. The number of aliphatic hydroxyl groups excluding tert-OH is 2. The first kappa shape index (κ1) is 20.9. The van der Waals surface area contributed by atoms with E-state index < -0.39 is 24.1 Å². The van der Waals surface area contributed by atoms with Crippen LogP contribution in [0.4, 0.5) is 4.79 Å². The van der Waals surface area contributed by atoms with E-state index >= 15 is 0 Å². The maximum absolute atomic E-state index is 12.3. The van der Waals surface area contributed by atoms with Gasteiger partial charge >= 0.3 is 11.8 Å². The van der Waals surface area contributed by atoms with Crippen LogP contribution in [0.25, 0.3) is 22.4 Å². The third kappa shape index (κ3) is 3.99. The van der Waals surface area contributed by atoms with Crippen molar-refractivity contribution < 1.29 is 24.2 Å². The smallest absolute Gasteiger partial charge is 0.418 e. The molecule has 9 nitrogen and oxygen atoms in total. The predicted molar refractivity (Wildman–Crippen MR) is 119 cm³/mol. The number of alkyl carbamates (subject to hydrolysis) is 1. The zero-order valence-corrected chi connectivity index (χ0v) is 17.4. The number of fused-ring (bicyclic) bond motifs is 4. The number of amides is 1. The zero-order chi connectivity index (χ0) is 22.9. The third-order valence-corrected chi connectivity index (χ3v) is 5.80. The van der Waals surface area contributed by atoms with Crippen molar-refractivity contribution in [1.29, 1.82) is 0 Å². The molecule has 2 unspecified atom stereocenters. The van der Waals surface area contributed by atoms with Gasteiger partial charge in [0, 0.05) is 24.2 Å². The summed E-state index contributed by atoms with van der Waals surface area (Å²) < 4.78 is 10.3. The van der Waals surface area contributed by atoms with Crippen LogP contribution in [-0.4, -0.2) is 45.5 Å². The molecule has 1 aliphatic carbocycles. The normalized spacial score (nSPS) is 14.5. The van der Waals surface area contributed by atoms with Gasteiger partial charge in [-0.15, -0.1) is 0 Å². The van der Waals surface area contributed by atoms with Crippen molar-refractivity contribution in [1.82, 2.24) is 15.3 Å². The minimum atomic E-state index is -1.35. The van der Waals surface area contributed by atoms with Gasteiger partial charge in [0.2, 0.25) is 0 Å². The monoisotopic (exact) mass is 447 g/mol. The Morgan fingerprint density at radius 1 is 1.12 bits per heavy atom. The lowest BCUT2D eigenvalue weighted by Gasteiger charge is -2.19. The highest BCUT2D eigenvalue weighted by Gasteiger charge is 2.29. The average Bonchev–Trinajstić information content (AvgIpc) is 3.37. The Bertz CT molecular complexity index is 1330. The summed E-state index contributed by atoms with van der Waals surface area (Å²) in [5.74, 6) is -0.742. The lowest BCUT2D eigenvalue weighted by molar-refractivity contribution is 0.0184. The van der Waals surface area contributed by atoms with E-state index in [1.807, 2.05) is 36.4 Å². The summed E-state index contributed by atoms with van der Waals surface area (Å²) in [5, 5.41) is 23.1. The van der Waals surface area contributed by atoms with Crippen molar-refractivity contribution >= 4 is 17.3 Å². The molecule has 0 fully saturated rings. The number of hydrogen-bond acceptors (Lipinski definition) is 7. The number of carbonyl (C=O) groups is 1. The minimum Gasteiger partial charge on any atom is -0.449 e. The van der Waals surface area contributed by atoms with Crippen LogP contribution < -0.4 is 11.1 Å². The number of rotatable bonds is 6. The van der Waals surface area contributed by atoms with Crippen molar-refractivity contribution in [3.63, 3.8) is 0 Å². The van der Waals surface area contributed by atoms with Crippen molar-refractivity contribution in [2.75, 3.05) is 13.2 Å². The van der Waals surface area contributed by atoms with Gasteiger partial charge in [-0.1, -0.05) is 48.5 Å². The van der Waals surface area contributed by atoms with Crippen LogP contribution in [0.3, 0.4) is 0 Å². The van der Waals surface area contributed by atoms with Gasteiger partial charge in [-0.3, -0.25) is 4.98 Å². The SMILES string of the molecule is O=C(NCC(O)C(O)c1cnc2[nH]c(=O)oc2c1)OCC1c2ccccc2-c2ccccc21. The number of H-pyrrole nitrogens is 1. The van der Waals surface area contributed by atoms with Gasteiger partial charge in [-0.25, -0.2) is 14.6 Å². The Morgan fingerprint density at radius 2 is 1.79 bits per heavy atom. The Labute approximate surface area is 187 Å². The molecule has 0 saturated carbocycles. The highest BCUT2D eigenvalue weighted by molar-refractivity contribution is 5.79. The van der Waals surface area contributed by atoms with Crippen molar-refractivity contribution in [3.05, 3.63) is 88.0 Å². The molecule has 0 spiro atoms. The fourth-order valence-electron chi connectivity index (χ4n) is 4.19. The molecule has 2 aromatic carbocycles. The summed E-state index contributed by atoms with van der Waals surface area (Å²) >= 11 is 0. The van der Waals surface area contributed by atoms with Crippen LogP contribution >= 0.6 is 0 Å². The molecule has 0 bridgehead atoms. The summed E-state index contributed by atoms with van der Waals surface area (Å²) in [4.78, 5) is 29.9. The molecule has 2 atom stereocenters. The lowest BCUT2D eigenvalue weighted by atomic mass is 9.98. The molecule has 33 heavy (non-hydrogen) atoms. The van der Waals surface area contributed by atoms with E-state index in [-0.39, 0.29) is 35.9 Å². The van der Waals surface area contributed by atoms with E-state index in [1.165, 1.54) is 12.3 Å². The van der Waals surface area contributed by atoms with E-state index in [4.69, 9.17) is 9.15 Å². The van der Waals surface area contributed by atoms with Crippen LogP contribution in [0.1, 0.15) is 28.7 Å². The maximum Gasteiger partial charge on any atom is 0.418 e. The molecule has 0 aliphatic heterocycles. The predicted octanol–water partition coefficient (Wildman–Crippen LogP) is 2.45. The average molecular weight is 447 g/mol. The number of aromatic nitrogens is 2. The summed E-state index contributed by atoms with van der Waals surface area (Å²) in [6, 6.07) is 17.4. The molecule has 5 rings (SSSR count). The minimum absolute atomic E-state index is 0.0764. The van der Waals surface area contributed by atoms with E-state index in [2.05, 4.69) is 27.4 Å². The highest BCUT2D eigenvalue weighted by Crippen LogP contribution is 2.44. The second-order valence-corrected chi connectivity index (χ2v) is 7.85. The summed E-state index contributed by atoms with van der Waals surface area (Å²) in [7, 11) is 0. The van der Waals surface area contributed by atoms with Gasteiger partial charge < -0.3 is 24.7 Å². The summed E-state index contributed by atoms with van der Waals surface area (Å²) in [6.07, 6.45) is -2.06. The summed E-state index contributed by atoms with van der Waals surface area (Å²) in [6.45, 7) is -0.0986. The highest BCUT2D eigenvalue weighted by atomic mass is 16.5. The number of oxazole rings is 1. The first-order chi connectivity index (χ1) is 16.0. The van der Waals surface area contributed by atoms with E-state index in [0.29, 0.717) is 0 Å². The number of pyridine rings is 1. The number of nitrogens with zero attached hydrogens (tertiary/aromatic N) is 1. The van der Waals surface area contributed by atoms with Crippen molar-refractivity contribution in [2.45, 2.75) is 18.1 Å². The molecule has 168 valence electrons. The van der Waals surface area contributed by atoms with Crippen LogP contribution in [0.2, 0.25) is 0 Å². The molecule has 9 heteroatoms. The van der Waals surface area contributed by atoms with Crippen LogP contribution in [0.15, 0.2) is 70.0 Å². The van der Waals surface area contributed by atoms with Crippen LogP contribution in [0.5, 0.6) is 0 Å². The second kappa shape index (κ2) is 8.53. The topological polar surface area (TPSA) is 138 Å². The molecular weight excluding hydrogens is 426 g/mol. The third-order valence-electron chi connectivity index (χ3n) is 5.80. The fraction of sp³-hybridized carbons (Fsp3) is 0.208. The molecule has 0 saturated heterocycles. The Hall–Kier alpha value is -3.95. The number of nitrogens with one attached hydrogen (secondary N) is 2. The van der Waals surface area contributed by atoms with Crippen LogP contribution in [0, 0.1) is 0 Å². The van der Waals surface area contributed by atoms with Gasteiger partial charge in [0.25, 0.3) is 0 Å². The first-order valence-corrected chi connectivity index (χ1v) is 10.4. The Morgan fingerprint density at radius 3 is 2.48 bits per heavy atom. The van der Waals surface area contributed by atoms with Gasteiger partial charge in [-0.2, -0.15) is 0 Å². The quantitative estimate of drug-likeness (QED) is 0.356. The number of benzene rings is 2. The number of aliphatic hydroxyl groups is 2. The molecule has 2 aromatic heterocycles. The van der Waals surface area contributed by atoms with Gasteiger partial charge in [0.05, 0.1) is 0 Å². The van der Waals surface area contributed by atoms with E-state index in [1.54, 1.807) is 0 Å². The molecular formula is C24H21N3O6. The van der Waals surface area contributed by atoms with E-state index in [9.17, 15) is 19.8 Å². The summed E-state index contributed by atoms with van der Waals surface area (Å²) in [5.41, 5.74) is 5.10. The largest absolute Gasteiger partial charge is 0.449 e. The Balaban J connectivity index is 1.19. The van der Waals surface area contributed by atoms with Gasteiger partial charge in [-0.05, 0) is 28.3 Å². The number of aromatic amines is 1. The second-order valence-electron chi connectivity index (χ2n) is 7.85. The van der Waals surface area contributed by atoms with Crippen LogP contribution in [-0.2, 0) is 4.74 Å².